The first-order chi connectivity index (χ1) is 11.3. The van der Waals surface area contributed by atoms with Crippen LogP contribution in [-0.2, 0) is 10.0 Å². The number of hydrogen-bond donors (Lipinski definition) is 2. The second kappa shape index (κ2) is 5.93. The predicted octanol–water partition coefficient (Wildman–Crippen LogP) is 2.97. The van der Waals surface area contributed by atoms with E-state index in [2.05, 4.69) is 9.71 Å². The Morgan fingerprint density at radius 1 is 1.04 bits per heavy atom. The molecule has 0 aliphatic heterocycles. The van der Waals surface area contributed by atoms with Crippen LogP contribution in [-0.4, -0.2) is 30.7 Å². The van der Waals surface area contributed by atoms with E-state index >= 15 is 0 Å². The van der Waals surface area contributed by atoms with Crippen LogP contribution in [0.3, 0.4) is 0 Å². The number of sulfonamides is 1. The number of rotatable bonds is 4. The highest BCUT2D eigenvalue weighted by atomic mass is 32.2. The van der Waals surface area contributed by atoms with E-state index < -0.39 is 16.0 Å². The van der Waals surface area contributed by atoms with Crippen molar-refractivity contribution in [1.29, 1.82) is 0 Å². The van der Waals surface area contributed by atoms with Crippen molar-refractivity contribution in [2.45, 2.75) is 0 Å². The number of nitrogens with one attached hydrogen (secondary N) is 1. The summed E-state index contributed by atoms with van der Waals surface area (Å²) in [6.07, 6.45) is 1.04. The van der Waals surface area contributed by atoms with Crippen molar-refractivity contribution in [3.05, 3.63) is 60.3 Å². The zero-order valence-corrected chi connectivity index (χ0v) is 13.5. The van der Waals surface area contributed by atoms with E-state index in [9.17, 15) is 18.3 Å². The average Bonchev–Trinajstić information content (AvgIpc) is 2.52. The number of carboxylic acid groups (broad SMARTS) is 1. The van der Waals surface area contributed by atoms with Crippen LogP contribution >= 0.6 is 0 Å². The minimum Gasteiger partial charge on any atom is -0.476 e. The molecular weight excluding hydrogens is 328 g/mol. The maximum Gasteiger partial charge on any atom is 0.355 e. The topological polar surface area (TPSA) is 96.4 Å². The first-order valence-electron chi connectivity index (χ1n) is 7.05. The molecule has 0 saturated heterocycles. The fourth-order valence-corrected chi connectivity index (χ4v) is 3.07. The summed E-state index contributed by atoms with van der Waals surface area (Å²) in [4.78, 5) is 15.8. The Balaban J connectivity index is 2.30. The van der Waals surface area contributed by atoms with E-state index in [1.54, 1.807) is 42.5 Å². The molecule has 1 aromatic heterocycles. The van der Waals surface area contributed by atoms with E-state index in [1.807, 2.05) is 12.1 Å². The lowest BCUT2D eigenvalue weighted by molar-refractivity contribution is 0.0692. The van der Waals surface area contributed by atoms with Crippen LogP contribution in [0.2, 0.25) is 0 Å². The summed E-state index contributed by atoms with van der Waals surface area (Å²) in [6.45, 7) is 0. The Morgan fingerprint density at radius 2 is 1.71 bits per heavy atom. The number of carboxylic acids is 1. The van der Waals surface area contributed by atoms with Gasteiger partial charge in [0.05, 0.1) is 17.5 Å². The Labute approximate surface area is 138 Å². The quantitative estimate of drug-likeness (QED) is 0.760. The van der Waals surface area contributed by atoms with Crippen molar-refractivity contribution in [1.82, 2.24) is 4.98 Å². The van der Waals surface area contributed by atoms with Crippen molar-refractivity contribution in [3.63, 3.8) is 0 Å². The Morgan fingerprint density at radius 3 is 2.42 bits per heavy atom. The zero-order chi connectivity index (χ0) is 17.3. The van der Waals surface area contributed by atoms with E-state index in [-0.39, 0.29) is 5.69 Å². The molecule has 6 nitrogen and oxygen atoms in total. The highest BCUT2D eigenvalue weighted by Crippen LogP contribution is 2.32. The van der Waals surface area contributed by atoms with Crippen LogP contribution in [0.5, 0.6) is 0 Å². The fraction of sp³-hybridized carbons (Fsp3) is 0.0588. The molecule has 0 unspecified atom stereocenters. The van der Waals surface area contributed by atoms with Crippen LogP contribution in [0.15, 0.2) is 54.6 Å². The molecular formula is C17H14N2O4S. The van der Waals surface area contributed by atoms with Crippen molar-refractivity contribution in [2.24, 2.45) is 0 Å². The molecule has 0 radical (unpaired) electrons. The largest absolute Gasteiger partial charge is 0.476 e. The van der Waals surface area contributed by atoms with Gasteiger partial charge in [0.1, 0.15) is 0 Å². The number of pyridine rings is 1. The second-order valence-electron chi connectivity index (χ2n) is 5.30. The third kappa shape index (κ3) is 3.21. The molecule has 0 aliphatic rings. The van der Waals surface area contributed by atoms with Crippen LogP contribution < -0.4 is 4.72 Å². The van der Waals surface area contributed by atoms with Gasteiger partial charge in [-0.15, -0.1) is 0 Å². The smallest absolute Gasteiger partial charge is 0.355 e. The molecule has 0 spiro atoms. The number of aromatic carboxylic acids is 1. The minimum atomic E-state index is -3.50. The fourth-order valence-electron chi connectivity index (χ4n) is 2.49. The Bertz CT molecular complexity index is 1050. The first-order valence-corrected chi connectivity index (χ1v) is 8.94. The van der Waals surface area contributed by atoms with Gasteiger partial charge in [-0.25, -0.2) is 18.2 Å². The van der Waals surface area contributed by atoms with Crippen molar-refractivity contribution in [2.75, 3.05) is 11.0 Å². The van der Waals surface area contributed by atoms with E-state index in [0.717, 1.165) is 11.6 Å². The number of aromatic nitrogens is 1. The van der Waals surface area contributed by atoms with Gasteiger partial charge < -0.3 is 5.11 Å². The van der Waals surface area contributed by atoms with Crippen molar-refractivity contribution >= 4 is 32.6 Å². The van der Waals surface area contributed by atoms with Crippen LogP contribution in [0.1, 0.15) is 10.5 Å². The van der Waals surface area contributed by atoms with E-state index in [1.165, 1.54) is 0 Å². The molecule has 0 fully saturated rings. The zero-order valence-electron chi connectivity index (χ0n) is 12.7. The standard InChI is InChI=1S/C17H14N2O4S/c1-24(22,23)19-15-9-5-3-7-12(15)13-10-11-6-2-4-8-14(11)18-16(13)17(20)21/h2-10,19H,1H3,(H,20,21). The SMILES string of the molecule is CS(=O)(=O)Nc1ccccc1-c1cc2ccccc2nc1C(=O)O. The van der Waals surface area contributed by atoms with E-state index in [0.29, 0.717) is 22.3 Å². The van der Waals surface area contributed by atoms with Crippen LogP contribution in [0, 0.1) is 0 Å². The number of hydrogen-bond acceptors (Lipinski definition) is 4. The van der Waals surface area contributed by atoms with Gasteiger partial charge in [-0.05, 0) is 18.2 Å². The van der Waals surface area contributed by atoms with Gasteiger partial charge in [0, 0.05) is 16.5 Å². The average molecular weight is 342 g/mol. The molecule has 2 N–H and O–H groups in total. The van der Waals surface area contributed by atoms with Crippen LogP contribution in [0.4, 0.5) is 5.69 Å². The highest BCUT2D eigenvalue weighted by Gasteiger charge is 2.18. The molecule has 122 valence electrons. The molecule has 2 aromatic carbocycles. The van der Waals surface area contributed by atoms with Crippen molar-refractivity contribution in [3.8, 4) is 11.1 Å². The molecule has 3 aromatic rings. The number of nitrogens with zero attached hydrogens (tertiary/aromatic N) is 1. The summed E-state index contributed by atoms with van der Waals surface area (Å²) in [5.41, 5.74) is 1.55. The summed E-state index contributed by atoms with van der Waals surface area (Å²) in [5, 5.41) is 10.3. The molecule has 1 heterocycles. The Kier molecular flexibility index (Phi) is 3.94. The van der Waals surface area contributed by atoms with Gasteiger partial charge in [-0.1, -0.05) is 36.4 Å². The number of carbonyl (C=O) groups is 1. The third-order valence-electron chi connectivity index (χ3n) is 3.44. The molecule has 3 rings (SSSR count). The first kappa shape index (κ1) is 15.9. The number of benzene rings is 2. The van der Waals surface area contributed by atoms with Gasteiger partial charge in [0.2, 0.25) is 10.0 Å². The molecule has 0 amide bonds. The molecule has 7 heteroatoms. The lowest BCUT2D eigenvalue weighted by atomic mass is 10.00. The monoisotopic (exact) mass is 342 g/mol. The molecule has 0 atom stereocenters. The lowest BCUT2D eigenvalue weighted by Gasteiger charge is -2.13. The van der Waals surface area contributed by atoms with Crippen molar-refractivity contribution < 1.29 is 18.3 Å². The number of fused-ring (bicyclic) bond motifs is 1. The Hall–Kier alpha value is -2.93. The van der Waals surface area contributed by atoms with E-state index in [4.69, 9.17) is 0 Å². The second-order valence-corrected chi connectivity index (χ2v) is 7.05. The normalized spacial score (nSPS) is 11.4. The summed E-state index contributed by atoms with van der Waals surface area (Å²) < 4.78 is 25.6. The van der Waals surface area contributed by atoms with Gasteiger partial charge in [0.25, 0.3) is 0 Å². The maximum atomic E-state index is 11.6. The lowest BCUT2D eigenvalue weighted by Crippen LogP contribution is -2.11. The molecule has 0 saturated carbocycles. The maximum absolute atomic E-state index is 11.6. The molecule has 0 bridgehead atoms. The van der Waals surface area contributed by atoms with Gasteiger partial charge in [-0.2, -0.15) is 0 Å². The predicted molar refractivity (Wildman–Crippen MR) is 92.6 cm³/mol. The summed E-state index contributed by atoms with van der Waals surface area (Å²) in [6, 6.07) is 15.5. The third-order valence-corrected chi connectivity index (χ3v) is 4.03. The molecule has 0 aliphatic carbocycles. The highest BCUT2D eigenvalue weighted by molar-refractivity contribution is 7.92. The van der Waals surface area contributed by atoms with Crippen LogP contribution in [0.25, 0.3) is 22.0 Å². The minimum absolute atomic E-state index is 0.128. The number of para-hydroxylation sites is 2. The summed E-state index contributed by atoms with van der Waals surface area (Å²) >= 11 is 0. The van der Waals surface area contributed by atoms with Gasteiger partial charge in [0.15, 0.2) is 5.69 Å². The summed E-state index contributed by atoms with van der Waals surface area (Å²) in [7, 11) is -3.50. The molecule has 24 heavy (non-hydrogen) atoms. The number of anilines is 1. The van der Waals surface area contributed by atoms with Gasteiger partial charge >= 0.3 is 5.97 Å². The summed E-state index contributed by atoms with van der Waals surface area (Å²) in [5.74, 6) is -1.18. The van der Waals surface area contributed by atoms with Gasteiger partial charge in [-0.3, -0.25) is 4.72 Å².